The maximum atomic E-state index is 12.8. The van der Waals surface area contributed by atoms with Gasteiger partial charge in [0.25, 0.3) is 0 Å². The van der Waals surface area contributed by atoms with Crippen LogP contribution in [0.5, 0.6) is 17.2 Å². The van der Waals surface area contributed by atoms with Gasteiger partial charge in [-0.1, -0.05) is 17.7 Å². The standard InChI is InChI=1S/C16H13ClF2N4O4/c1-22-16(25)23(21-20-22)12-3-2-4-13(27-15(18)19)10(12)8-26-14-6-5-9(24)7-11(14)17/h2-7,15,24H,8H2,1H3. The fourth-order valence-corrected chi connectivity index (χ4v) is 2.55. The van der Waals surface area contributed by atoms with Crippen LogP contribution < -0.4 is 15.2 Å². The lowest BCUT2D eigenvalue weighted by atomic mass is 10.1. The summed E-state index contributed by atoms with van der Waals surface area (Å²) in [6.45, 7) is -3.33. The van der Waals surface area contributed by atoms with E-state index in [1.54, 1.807) is 0 Å². The molecule has 11 heteroatoms. The van der Waals surface area contributed by atoms with Crippen molar-refractivity contribution in [3.8, 4) is 22.9 Å². The lowest BCUT2D eigenvalue weighted by Gasteiger charge is -2.15. The summed E-state index contributed by atoms with van der Waals surface area (Å²) in [6.07, 6.45) is 0. The van der Waals surface area contributed by atoms with E-state index in [0.29, 0.717) is 0 Å². The Hall–Kier alpha value is -3.14. The van der Waals surface area contributed by atoms with Crippen LogP contribution in [0.1, 0.15) is 5.56 Å². The predicted octanol–water partition coefficient (Wildman–Crippen LogP) is 2.51. The number of aromatic nitrogens is 4. The molecular weight excluding hydrogens is 386 g/mol. The van der Waals surface area contributed by atoms with Crippen LogP contribution in [-0.2, 0) is 13.7 Å². The van der Waals surface area contributed by atoms with E-state index in [1.807, 2.05) is 0 Å². The van der Waals surface area contributed by atoms with Crippen LogP contribution in [0.15, 0.2) is 41.2 Å². The highest BCUT2D eigenvalue weighted by Gasteiger charge is 2.19. The van der Waals surface area contributed by atoms with Crippen molar-refractivity contribution in [2.75, 3.05) is 0 Å². The van der Waals surface area contributed by atoms with E-state index >= 15 is 0 Å². The van der Waals surface area contributed by atoms with Crippen molar-refractivity contribution >= 4 is 11.6 Å². The average Bonchev–Trinajstić information content (AvgIpc) is 2.93. The molecule has 0 fully saturated rings. The Morgan fingerprint density at radius 3 is 2.63 bits per heavy atom. The second-order valence-corrected chi connectivity index (χ2v) is 5.74. The molecule has 0 radical (unpaired) electrons. The lowest BCUT2D eigenvalue weighted by molar-refractivity contribution is -0.0508. The highest BCUT2D eigenvalue weighted by molar-refractivity contribution is 6.32. The normalized spacial score (nSPS) is 11.0. The van der Waals surface area contributed by atoms with Crippen LogP contribution in [-0.4, -0.2) is 31.5 Å². The Morgan fingerprint density at radius 2 is 2.00 bits per heavy atom. The Labute approximate surface area is 156 Å². The largest absolute Gasteiger partial charge is 0.508 e. The number of hydrogen-bond acceptors (Lipinski definition) is 6. The molecule has 0 aliphatic heterocycles. The van der Waals surface area contributed by atoms with Crippen molar-refractivity contribution in [2.45, 2.75) is 13.2 Å². The van der Waals surface area contributed by atoms with Crippen LogP contribution in [0.3, 0.4) is 0 Å². The third-order valence-corrected chi connectivity index (χ3v) is 3.86. The zero-order valence-corrected chi connectivity index (χ0v) is 14.6. The van der Waals surface area contributed by atoms with Crippen LogP contribution in [0, 0.1) is 0 Å². The number of rotatable bonds is 6. The molecule has 1 aromatic heterocycles. The fraction of sp³-hybridized carbons (Fsp3) is 0.188. The van der Waals surface area contributed by atoms with Crippen molar-refractivity contribution in [3.63, 3.8) is 0 Å². The first-order valence-electron chi connectivity index (χ1n) is 7.54. The molecule has 0 amide bonds. The zero-order valence-electron chi connectivity index (χ0n) is 13.8. The number of nitrogens with zero attached hydrogens (tertiary/aromatic N) is 4. The van der Waals surface area contributed by atoms with Gasteiger partial charge in [0.15, 0.2) is 0 Å². The molecule has 0 aliphatic rings. The van der Waals surface area contributed by atoms with Crippen LogP contribution in [0.4, 0.5) is 8.78 Å². The minimum atomic E-state index is -3.07. The first kappa shape index (κ1) is 18.6. The molecular formula is C16H13ClF2N4O4. The highest BCUT2D eigenvalue weighted by atomic mass is 35.5. The van der Waals surface area contributed by atoms with Gasteiger partial charge in [-0.25, -0.2) is 4.79 Å². The zero-order chi connectivity index (χ0) is 19.6. The van der Waals surface area contributed by atoms with Gasteiger partial charge in [0.05, 0.1) is 16.3 Å². The minimum absolute atomic E-state index is 0.0550. The van der Waals surface area contributed by atoms with E-state index in [2.05, 4.69) is 15.2 Å². The predicted molar refractivity (Wildman–Crippen MR) is 90.7 cm³/mol. The number of ether oxygens (including phenoxy) is 2. The molecule has 1 N–H and O–H groups in total. The maximum Gasteiger partial charge on any atom is 0.387 e. The molecule has 27 heavy (non-hydrogen) atoms. The molecule has 0 aliphatic carbocycles. The third kappa shape index (κ3) is 4.00. The van der Waals surface area contributed by atoms with Crippen molar-refractivity contribution in [3.05, 3.63) is 57.5 Å². The van der Waals surface area contributed by atoms with Crippen molar-refractivity contribution < 1.29 is 23.4 Å². The van der Waals surface area contributed by atoms with E-state index in [-0.39, 0.29) is 40.1 Å². The topological polar surface area (TPSA) is 91.4 Å². The first-order valence-corrected chi connectivity index (χ1v) is 7.92. The number of aromatic hydroxyl groups is 1. The van der Waals surface area contributed by atoms with E-state index in [4.69, 9.17) is 16.3 Å². The van der Waals surface area contributed by atoms with Gasteiger partial charge in [-0.3, -0.25) is 0 Å². The molecule has 0 spiro atoms. The van der Waals surface area contributed by atoms with Gasteiger partial charge in [0, 0.05) is 13.1 Å². The molecule has 0 unspecified atom stereocenters. The number of tetrazole rings is 1. The van der Waals surface area contributed by atoms with E-state index in [0.717, 1.165) is 9.36 Å². The summed E-state index contributed by atoms with van der Waals surface area (Å²) in [5, 5.41) is 16.8. The van der Waals surface area contributed by atoms with Crippen molar-refractivity contribution in [2.24, 2.45) is 7.05 Å². The summed E-state index contributed by atoms with van der Waals surface area (Å²) in [4.78, 5) is 12.1. The molecule has 142 valence electrons. The second-order valence-electron chi connectivity index (χ2n) is 5.33. The number of phenols is 1. The van der Waals surface area contributed by atoms with Gasteiger partial charge in [-0.15, -0.1) is 0 Å². The summed E-state index contributed by atoms with van der Waals surface area (Å²) >= 11 is 5.99. The summed E-state index contributed by atoms with van der Waals surface area (Å²) < 4.78 is 37.6. The lowest BCUT2D eigenvalue weighted by Crippen LogP contribution is -2.23. The van der Waals surface area contributed by atoms with Gasteiger partial charge in [0.1, 0.15) is 23.9 Å². The Kier molecular flexibility index (Phi) is 5.26. The Balaban J connectivity index is 2.02. The van der Waals surface area contributed by atoms with Crippen LogP contribution in [0.2, 0.25) is 5.02 Å². The van der Waals surface area contributed by atoms with Crippen molar-refractivity contribution in [1.29, 1.82) is 0 Å². The summed E-state index contributed by atoms with van der Waals surface area (Å²) in [6, 6.07) is 8.29. The Morgan fingerprint density at radius 1 is 1.22 bits per heavy atom. The number of aryl methyl sites for hydroxylation is 1. The number of benzene rings is 2. The number of alkyl halides is 2. The summed E-state index contributed by atoms with van der Waals surface area (Å²) in [7, 11) is 1.40. The van der Waals surface area contributed by atoms with Gasteiger partial charge >= 0.3 is 12.3 Å². The van der Waals surface area contributed by atoms with E-state index in [9.17, 15) is 18.7 Å². The molecule has 0 saturated heterocycles. The average molecular weight is 399 g/mol. The molecule has 3 aromatic rings. The van der Waals surface area contributed by atoms with Crippen LogP contribution in [0.25, 0.3) is 5.69 Å². The molecule has 2 aromatic carbocycles. The number of halogens is 3. The fourth-order valence-electron chi connectivity index (χ4n) is 2.33. The Bertz CT molecular complexity index is 1020. The van der Waals surface area contributed by atoms with Gasteiger partial charge < -0.3 is 14.6 Å². The molecule has 3 rings (SSSR count). The molecule has 0 atom stereocenters. The van der Waals surface area contributed by atoms with E-state index in [1.165, 1.54) is 43.4 Å². The summed E-state index contributed by atoms with van der Waals surface area (Å²) in [5.41, 5.74) is -0.265. The monoisotopic (exact) mass is 398 g/mol. The first-order chi connectivity index (χ1) is 12.9. The summed E-state index contributed by atoms with van der Waals surface area (Å²) in [5.74, 6) is -0.0331. The maximum absolute atomic E-state index is 12.8. The second kappa shape index (κ2) is 7.62. The number of phenolic OH excluding ortho intramolecular Hbond substituents is 1. The third-order valence-electron chi connectivity index (χ3n) is 3.56. The van der Waals surface area contributed by atoms with E-state index < -0.39 is 12.3 Å². The molecule has 0 bridgehead atoms. The molecule has 8 nitrogen and oxygen atoms in total. The minimum Gasteiger partial charge on any atom is -0.508 e. The van der Waals surface area contributed by atoms with Gasteiger partial charge in [-0.2, -0.15) is 18.1 Å². The number of hydrogen-bond donors (Lipinski definition) is 1. The van der Waals surface area contributed by atoms with Gasteiger partial charge in [0.2, 0.25) is 0 Å². The van der Waals surface area contributed by atoms with Gasteiger partial charge in [-0.05, 0) is 34.7 Å². The van der Waals surface area contributed by atoms with Crippen LogP contribution >= 0.6 is 11.6 Å². The molecule has 0 saturated carbocycles. The quantitative estimate of drug-likeness (QED) is 0.686. The van der Waals surface area contributed by atoms with Crippen molar-refractivity contribution in [1.82, 2.24) is 19.8 Å². The highest BCUT2D eigenvalue weighted by Crippen LogP contribution is 2.31. The smallest absolute Gasteiger partial charge is 0.387 e. The SMILES string of the molecule is Cn1nnn(-c2cccc(OC(F)F)c2COc2ccc(O)cc2Cl)c1=O. The molecule has 1 heterocycles.